The number of hydrogen-bond donors (Lipinski definition) is 1. The van der Waals surface area contributed by atoms with Crippen molar-refractivity contribution in [2.24, 2.45) is 11.1 Å². The molecule has 1 aliphatic carbocycles. The second-order valence-electron chi connectivity index (χ2n) is 7.09. The zero-order valence-corrected chi connectivity index (χ0v) is 13.9. The summed E-state index contributed by atoms with van der Waals surface area (Å²) in [5.41, 5.74) is 5.66. The highest BCUT2D eigenvalue weighted by Gasteiger charge is 2.39. The molecule has 122 valence electrons. The highest BCUT2D eigenvalue weighted by atomic mass is 16.2. The molecular weight excluding hydrogens is 262 g/mol. The molecule has 0 aromatic rings. The molecule has 4 heteroatoms. The topological polar surface area (TPSA) is 49.6 Å². The van der Waals surface area contributed by atoms with Crippen molar-refractivity contribution < 1.29 is 4.79 Å². The van der Waals surface area contributed by atoms with Crippen molar-refractivity contribution in [2.75, 3.05) is 32.7 Å². The molecule has 0 spiro atoms. The minimum absolute atomic E-state index is 0.0728. The van der Waals surface area contributed by atoms with Crippen LogP contribution in [0, 0.1) is 5.41 Å². The Bertz CT molecular complexity index is 339. The predicted molar refractivity (Wildman–Crippen MR) is 87.1 cm³/mol. The van der Waals surface area contributed by atoms with Gasteiger partial charge in [0.05, 0.1) is 0 Å². The van der Waals surface area contributed by atoms with Gasteiger partial charge in [-0.1, -0.05) is 26.7 Å². The SMILES string of the molecule is CCC(CCN)N1CCCN(C(=O)C2(C)CCCC2)CC1. The van der Waals surface area contributed by atoms with Crippen molar-refractivity contribution in [1.82, 2.24) is 9.80 Å². The molecule has 4 nitrogen and oxygen atoms in total. The summed E-state index contributed by atoms with van der Waals surface area (Å²) >= 11 is 0. The van der Waals surface area contributed by atoms with Gasteiger partial charge in [-0.25, -0.2) is 0 Å². The Kier molecular flexibility index (Phi) is 6.06. The lowest BCUT2D eigenvalue weighted by Gasteiger charge is -2.32. The van der Waals surface area contributed by atoms with E-state index in [1.807, 2.05) is 0 Å². The molecule has 1 aliphatic heterocycles. The van der Waals surface area contributed by atoms with Crippen LogP contribution in [0.3, 0.4) is 0 Å². The van der Waals surface area contributed by atoms with Gasteiger partial charge in [-0.2, -0.15) is 0 Å². The van der Waals surface area contributed by atoms with Gasteiger partial charge in [0.1, 0.15) is 0 Å². The number of nitrogens with two attached hydrogens (primary N) is 1. The summed E-state index contributed by atoms with van der Waals surface area (Å²) in [5, 5.41) is 0. The summed E-state index contributed by atoms with van der Waals surface area (Å²) in [4.78, 5) is 17.5. The fourth-order valence-corrected chi connectivity index (χ4v) is 4.09. The van der Waals surface area contributed by atoms with Crippen LogP contribution in [0.2, 0.25) is 0 Å². The van der Waals surface area contributed by atoms with Crippen molar-refractivity contribution in [2.45, 2.75) is 64.8 Å². The smallest absolute Gasteiger partial charge is 0.228 e. The van der Waals surface area contributed by atoms with Crippen LogP contribution in [0.1, 0.15) is 58.8 Å². The van der Waals surface area contributed by atoms with Crippen LogP contribution >= 0.6 is 0 Å². The molecule has 2 fully saturated rings. The van der Waals surface area contributed by atoms with Crippen LogP contribution in [0.5, 0.6) is 0 Å². The van der Waals surface area contributed by atoms with E-state index in [-0.39, 0.29) is 5.41 Å². The normalized spacial score (nSPS) is 24.8. The maximum absolute atomic E-state index is 12.8. The minimum atomic E-state index is -0.0728. The molecule has 1 heterocycles. The van der Waals surface area contributed by atoms with E-state index in [9.17, 15) is 4.79 Å². The van der Waals surface area contributed by atoms with Gasteiger partial charge in [0.25, 0.3) is 0 Å². The molecule has 0 bridgehead atoms. The van der Waals surface area contributed by atoms with E-state index >= 15 is 0 Å². The minimum Gasteiger partial charge on any atom is -0.341 e. The van der Waals surface area contributed by atoms with Gasteiger partial charge >= 0.3 is 0 Å². The molecule has 1 saturated heterocycles. The van der Waals surface area contributed by atoms with E-state index in [0.717, 1.165) is 64.8 Å². The maximum Gasteiger partial charge on any atom is 0.228 e. The van der Waals surface area contributed by atoms with Crippen molar-refractivity contribution in [3.05, 3.63) is 0 Å². The van der Waals surface area contributed by atoms with E-state index in [4.69, 9.17) is 5.73 Å². The van der Waals surface area contributed by atoms with Crippen molar-refractivity contribution in [3.63, 3.8) is 0 Å². The monoisotopic (exact) mass is 295 g/mol. The van der Waals surface area contributed by atoms with Gasteiger partial charge in [-0.3, -0.25) is 9.69 Å². The molecule has 2 aliphatic rings. The summed E-state index contributed by atoms with van der Waals surface area (Å²) in [6, 6.07) is 0.590. The van der Waals surface area contributed by atoms with E-state index in [2.05, 4.69) is 23.6 Å². The van der Waals surface area contributed by atoms with Crippen LogP contribution in [0.25, 0.3) is 0 Å². The number of carbonyl (C=O) groups excluding carboxylic acids is 1. The molecule has 2 rings (SSSR count). The fraction of sp³-hybridized carbons (Fsp3) is 0.941. The third-order valence-electron chi connectivity index (χ3n) is 5.53. The number of rotatable bonds is 5. The summed E-state index contributed by atoms with van der Waals surface area (Å²) in [6.45, 7) is 9.14. The summed E-state index contributed by atoms with van der Waals surface area (Å²) in [7, 11) is 0. The number of amides is 1. The van der Waals surface area contributed by atoms with E-state index < -0.39 is 0 Å². The Morgan fingerprint density at radius 3 is 2.48 bits per heavy atom. The van der Waals surface area contributed by atoms with Crippen LogP contribution in [0.4, 0.5) is 0 Å². The number of nitrogens with zero attached hydrogens (tertiary/aromatic N) is 2. The van der Waals surface area contributed by atoms with E-state index in [1.54, 1.807) is 0 Å². The van der Waals surface area contributed by atoms with Gasteiger partial charge in [0, 0.05) is 37.6 Å². The average molecular weight is 295 g/mol. The predicted octanol–water partition coefficient (Wildman–Crippen LogP) is 2.23. The Morgan fingerprint density at radius 1 is 1.14 bits per heavy atom. The zero-order chi connectivity index (χ0) is 15.3. The first kappa shape index (κ1) is 16.8. The summed E-state index contributed by atoms with van der Waals surface area (Å²) in [6.07, 6.45) is 7.93. The highest BCUT2D eigenvalue weighted by Crippen LogP contribution is 2.39. The first-order valence-corrected chi connectivity index (χ1v) is 8.84. The quantitative estimate of drug-likeness (QED) is 0.846. The van der Waals surface area contributed by atoms with Crippen LogP contribution in [-0.2, 0) is 4.79 Å². The molecule has 0 aromatic carbocycles. The van der Waals surface area contributed by atoms with Crippen molar-refractivity contribution in [1.29, 1.82) is 0 Å². The highest BCUT2D eigenvalue weighted by molar-refractivity contribution is 5.82. The molecular formula is C17H33N3O. The second-order valence-corrected chi connectivity index (χ2v) is 7.09. The second kappa shape index (κ2) is 7.59. The molecule has 2 N–H and O–H groups in total. The van der Waals surface area contributed by atoms with Crippen LogP contribution < -0.4 is 5.73 Å². The van der Waals surface area contributed by atoms with Gasteiger partial charge in [0.15, 0.2) is 0 Å². The van der Waals surface area contributed by atoms with Crippen molar-refractivity contribution >= 4 is 5.91 Å². The largest absolute Gasteiger partial charge is 0.341 e. The summed E-state index contributed by atoms with van der Waals surface area (Å²) < 4.78 is 0. The lowest BCUT2D eigenvalue weighted by atomic mass is 9.87. The van der Waals surface area contributed by atoms with Gasteiger partial charge in [0.2, 0.25) is 5.91 Å². The van der Waals surface area contributed by atoms with E-state index in [1.165, 1.54) is 12.8 Å². The fourth-order valence-electron chi connectivity index (χ4n) is 4.09. The maximum atomic E-state index is 12.8. The van der Waals surface area contributed by atoms with Crippen molar-refractivity contribution in [3.8, 4) is 0 Å². The molecule has 1 unspecified atom stereocenters. The summed E-state index contributed by atoms with van der Waals surface area (Å²) in [5.74, 6) is 0.411. The molecule has 1 saturated carbocycles. The Morgan fingerprint density at radius 2 is 1.86 bits per heavy atom. The van der Waals surface area contributed by atoms with Gasteiger partial charge in [-0.05, 0) is 38.6 Å². The van der Waals surface area contributed by atoms with Crippen LogP contribution in [-0.4, -0.2) is 54.5 Å². The van der Waals surface area contributed by atoms with Gasteiger partial charge < -0.3 is 10.6 Å². The Labute approximate surface area is 130 Å². The first-order valence-electron chi connectivity index (χ1n) is 8.84. The van der Waals surface area contributed by atoms with Gasteiger partial charge in [-0.15, -0.1) is 0 Å². The lowest BCUT2D eigenvalue weighted by molar-refractivity contribution is -0.140. The van der Waals surface area contributed by atoms with Crippen LogP contribution in [0.15, 0.2) is 0 Å². The first-order chi connectivity index (χ1) is 10.1. The average Bonchev–Trinajstić information content (AvgIpc) is 2.80. The number of carbonyl (C=O) groups is 1. The molecule has 21 heavy (non-hydrogen) atoms. The third kappa shape index (κ3) is 3.98. The zero-order valence-electron chi connectivity index (χ0n) is 13.9. The standard InChI is InChI=1S/C17H33N3O/c1-3-15(7-10-18)19-11-6-12-20(14-13-19)16(21)17(2)8-4-5-9-17/h15H,3-14,18H2,1-2H3. The molecule has 0 radical (unpaired) electrons. The Balaban J connectivity index is 1.92. The molecule has 1 amide bonds. The Hall–Kier alpha value is -0.610. The van der Waals surface area contributed by atoms with E-state index in [0.29, 0.717) is 11.9 Å². The molecule has 0 aromatic heterocycles. The molecule has 1 atom stereocenters. The third-order valence-corrected chi connectivity index (χ3v) is 5.53. The lowest BCUT2D eigenvalue weighted by Crippen LogP contribution is -2.44. The number of hydrogen-bond acceptors (Lipinski definition) is 3.